The number of ether oxygens (including phenoxy) is 1. The normalized spacial score (nSPS) is 12.7. The molecule has 114 valence electrons. The van der Waals surface area contributed by atoms with Gasteiger partial charge in [0.05, 0.1) is 11.0 Å². The minimum Gasteiger partial charge on any atom is -0.508 e. The number of rotatable bonds is 4. The van der Waals surface area contributed by atoms with E-state index < -0.39 is 6.10 Å². The molecule has 0 saturated carbocycles. The lowest BCUT2D eigenvalue weighted by atomic mass is 10.0. The smallest absolute Gasteiger partial charge is 0.151 e. The molecule has 2 aromatic carbocycles. The van der Waals surface area contributed by atoms with Crippen LogP contribution in [0.1, 0.15) is 24.8 Å². The highest BCUT2D eigenvalue weighted by molar-refractivity contribution is 7.19. The van der Waals surface area contributed by atoms with Gasteiger partial charge in [0.15, 0.2) is 5.75 Å². The fourth-order valence-corrected chi connectivity index (χ4v) is 3.60. The third-order valence-corrected chi connectivity index (χ3v) is 4.74. The molecule has 0 amide bonds. The van der Waals surface area contributed by atoms with Gasteiger partial charge in [-0.3, -0.25) is 0 Å². The summed E-state index contributed by atoms with van der Waals surface area (Å²) in [5, 5.41) is 21.1. The lowest BCUT2D eigenvalue weighted by Gasteiger charge is -2.15. The molecule has 0 aliphatic carbocycles. The summed E-state index contributed by atoms with van der Waals surface area (Å²) in [6.45, 7) is 3.96. The maximum atomic E-state index is 10.5. The second-order valence-electron chi connectivity index (χ2n) is 5.58. The van der Waals surface area contributed by atoms with Gasteiger partial charge in [0.1, 0.15) is 11.5 Å². The first-order valence-electron chi connectivity index (χ1n) is 7.22. The van der Waals surface area contributed by atoms with Crippen molar-refractivity contribution >= 4 is 21.4 Å². The Morgan fingerprint density at radius 3 is 2.55 bits per heavy atom. The molecule has 22 heavy (non-hydrogen) atoms. The van der Waals surface area contributed by atoms with E-state index in [2.05, 4.69) is 0 Å². The Morgan fingerprint density at radius 2 is 1.82 bits per heavy atom. The number of benzene rings is 2. The Hall–Kier alpha value is -2.04. The number of aromatic hydroxyl groups is 1. The molecule has 0 saturated heterocycles. The van der Waals surface area contributed by atoms with Crippen LogP contribution in [0, 0.1) is 5.92 Å². The number of phenolic OH excluding ortho intramolecular Hbond substituents is 1. The van der Waals surface area contributed by atoms with E-state index in [1.54, 1.807) is 35.6 Å². The van der Waals surface area contributed by atoms with Gasteiger partial charge in [-0.15, -0.1) is 11.3 Å². The van der Waals surface area contributed by atoms with E-state index in [1.807, 2.05) is 38.1 Å². The zero-order valence-electron chi connectivity index (χ0n) is 12.5. The zero-order chi connectivity index (χ0) is 15.7. The summed E-state index contributed by atoms with van der Waals surface area (Å²) in [6.07, 6.45) is -0.579. The van der Waals surface area contributed by atoms with Crippen LogP contribution in [-0.2, 0) is 0 Å². The molecule has 3 nitrogen and oxygen atoms in total. The highest BCUT2D eigenvalue weighted by Gasteiger charge is 2.23. The van der Waals surface area contributed by atoms with E-state index in [0.29, 0.717) is 11.5 Å². The highest BCUT2D eigenvalue weighted by atomic mass is 32.1. The van der Waals surface area contributed by atoms with Crippen LogP contribution in [0.2, 0.25) is 0 Å². The predicted octanol–water partition coefficient (Wildman–Crippen LogP) is 5.09. The van der Waals surface area contributed by atoms with Gasteiger partial charge in [-0.1, -0.05) is 32.0 Å². The summed E-state index contributed by atoms with van der Waals surface area (Å²) in [7, 11) is 0. The minimum atomic E-state index is -0.579. The van der Waals surface area contributed by atoms with Crippen molar-refractivity contribution < 1.29 is 14.9 Å². The van der Waals surface area contributed by atoms with Crippen LogP contribution in [0.3, 0.4) is 0 Å². The van der Waals surface area contributed by atoms with Crippen molar-refractivity contribution in [2.24, 2.45) is 5.92 Å². The Kier molecular flexibility index (Phi) is 4.05. The largest absolute Gasteiger partial charge is 0.508 e. The number of thiophene rings is 1. The fraction of sp³-hybridized carbons (Fsp3) is 0.222. The molecule has 1 unspecified atom stereocenters. The van der Waals surface area contributed by atoms with Gasteiger partial charge in [0.2, 0.25) is 0 Å². The van der Waals surface area contributed by atoms with Crippen LogP contribution < -0.4 is 4.74 Å². The molecule has 0 bridgehead atoms. The SMILES string of the molecule is CC(C)C(O)c1sc2ccccc2c1Oc1cccc(O)c1. The van der Waals surface area contributed by atoms with Crippen molar-refractivity contribution in [3.8, 4) is 17.2 Å². The molecule has 1 atom stereocenters. The number of aliphatic hydroxyl groups is 1. The monoisotopic (exact) mass is 314 g/mol. The van der Waals surface area contributed by atoms with E-state index in [1.165, 1.54) is 0 Å². The lowest BCUT2D eigenvalue weighted by Crippen LogP contribution is -2.04. The van der Waals surface area contributed by atoms with Crippen LogP contribution in [0.15, 0.2) is 48.5 Å². The second-order valence-corrected chi connectivity index (χ2v) is 6.66. The Morgan fingerprint density at radius 1 is 1.05 bits per heavy atom. The van der Waals surface area contributed by atoms with Crippen molar-refractivity contribution in [3.05, 3.63) is 53.4 Å². The van der Waals surface area contributed by atoms with Gasteiger partial charge in [-0.25, -0.2) is 0 Å². The molecule has 2 N–H and O–H groups in total. The number of aliphatic hydroxyl groups excluding tert-OH is 1. The van der Waals surface area contributed by atoms with Gasteiger partial charge in [0.25, 0.3) is 0 Å². The predicted molar refractivity (Wildman–Crippen MR) is 89.8 cm³/mol. The van der Waals surface area contributed by atoms with Crippen molar-refractivity contribution in [2.75, 3.05) is 0 Å². The summed E-state index contributed by atoms with van der Waals surface area (Å²) >= 11 is 1.55. The number of hydrogen-bond donors (Lipinski definition) is 2. The summed E-state index contributed by atoms with van der Waals surface area (Å²) in [5.74, 6) is 1.48. The standard InChI is InChI=1S/C18H18O3S/c1-11(2)16(20)18-17(14-8-3-4-9-15(14)22-18)21-13-7-5-6-12(19)10-13/h3-11,16,19-20H,1-2H3. The van der Waals surface area contributed by atoms with Crippen molar-refractivity contribution in [1.29, 1.82) is 0 Å². The van der Waals surface area contributed by atoms with E-state index in [9.17, 15) is 10.2 Å². The Balaban J connectivity index is 2.11. The maximum absolute atomic E-state index is 10.5. The molecule has 0 radical (unpaired) electrons. The molecule has 3 aromatic rings. The highest BCUT2D eigenvalue weighted by Crippen LogP contribution is 2.45. The molecule has 0 spiro atoms. The van der Waals surface area contributed by atoms with Gasteiger partial charge >= 0.3 is 0 Å². The van der Waals surface area contributed by atoms with Crippen LogP contribution in [-0.4, -0.2) is 10.2 Å². The lowest BCUT2D eigenvalue weighted by molar-refractivity contribution is 0.128. The van der Waals surface area contributed by atoms with E-state index in [-0.39, 0.29) is 11.7 Å². The first kappa shape index (κ1) is 14.9. The van der Waals surface area contributed by atoms with Crippen LogP contribution >= 0.6 is 11.3 Å². The molecule has 4 heteroatoms. The molecular formula is C18H18O3S. The van der Waals surface area contributed by atoms with Gasteiger partial charge in [-0.2, -0.15) is 0 Å². The van der Waals surface area contributed by atoms with Crippen molar-refractivity contribution in [1.82, 2.24) is 0 Å². The molecule has 0 aliphatic rings. The minimum absolute atomic E-state index is 0.0968. The summed E-state index contributed by atoms with van der Waals surface area (Å²) < 4.78 is 7.08. The van der Waals surface area contributed by atoms with Crippen LogP contribution in [0.4, 0.5) is 0 Å². The first-order chi connectivity index (χ1) is 10.6. The Labute approximate surface area is 133 Å². The fourth-order valence-electron chi connectivity index (χ4n) is 2.31. The molecule has 0 aliphatic heterocycles. The van der Waals surface area contributed by atoms with E-state index >= 15 is 0 Å². The molecule has 1 heterocycles. The molecular weight excluding hydrogens is 296 g/mol. The van der Waals surface area contributed by atoms with E-state index in [4.69, 9.17) is 4.74 Å². The average molecular weight is 314 g/mol. The quantitative estimate of drug-likeness (QED) is 0.705. The summed E-state index contributed by atoms with van der Waals surface area (Å²) in [6, 6.07) is 14.6. The Bertz CT molecular complexity index is 792. The average Bonchev–Trinajstić information content (AvgIpc) is 2.85. The van der Waals surface area contributed by atoms with Gasteiger partial charge in [-0.05, 0) is 30.2 Å². The van der Waals surface area contributed by atoms with Crippen LogP contribution in [0.25, 0.3) is 10.1 Å². The van der Waals surface area contributed by atoms with Crippen molar-refractivity contribution in [2.45, 2.75) is 20.0 Å². The number of hydrogen-bond acceptors (Lipinski definition) is 4. The second kappa shape index (κ2) is 5.99. The zero-order valence-corrected chi connectivity index (χ0v) is 13.3. The third kappa shape index (κ3) is 2.80. The molecule has 3 rings (SSSR count). The summed E-state index contributed by atoms with van der Waals surface area (Å²) in [5.41, 5.74) is 0. The number of phenols is 1. The molecule has 0 fully saturated rings. The molecule has 1 aromatic heterocycles. The van der Waals surface area contributed by atoms with E-state index in [0.717, 1.165) is 15.0 Å². The van der Waals surface area contributed by atoms with Gasteiger partial charge < -0.3 is 14.9 Å². The summed E-state index contributed by atoms with van der Waals surface area (Å²) in [4.78, 5) is 0.819. The van der Waals surface area contributed by atoms with Crippen molar-refractivity contribution in [3.63, 3.8) is 0 Å². The topological polar surface area (TPSA) is 49.7 Å². The number of fused-ring (bicyclic) bond motifs is 1. The van der Waals surface area contributed by atoms with Crippen LogP contribution in [0.5, 0.6) is 17.2 Å². The van der Waals surface area contributed by atoms with Gasteiger partial charge in [0, 0.05) is 16.2 Å². The maximum Gasteiger partial charge on any atom is 0.151 e. The third-order valence-electron chi connectivity index (χ3n) is 3.51. The first-order valence-corrected chi connectivity index (χ1v) is 8.04.